The summed E-state index contributed by atoms with van der Waals surface area (Å²) in [6, 6.07) is 12.5. The molecule has 0 saturated carbocycles. The van der Waals surface area contributed by atoms with Crippen molar-refractivity contribution < 1.29 is 18.7 Å². The van der Waals surface area contributed by atoms with E-state index < -0.39 is 18.0 Å². The van der Waals surface area contributed by atoms with E-state index in [-0.39, 0.29) is 12.2 Å². The average molecular weight is 346 g/mol. The second-order valence-corrected chi connectivity index (χ2v) is 5.96. The van der Waals surface area contributed by atoms with E-state index in [0.29, 0.717) is 11.5 Å². The number of nitrogens with one attached hydrogen (secondary N) is 2. The fourth-order valence-corrected chi connectivity index (χ4v) is 2.79. The number of hydrogen-bond acceptors (Lipinski definition) is 4. The first-order chi connectivity index (χ1) is 11.6. The molecule has 3 rings (SSSR count). The van der Waals surface area contributed by atoms with Crippen molar-refractivity contribution >= 4 is 23.1 Å². The van der Waals surface area contributed by atoms with Gasteiger partial charge < -0.3 is 20.2 Å². The zero-order valence-electron chi connectivity index (χ0n) is 12.5. The normalized spacial score (nSPS) is 11.9. The third-order valence-electron chi connectivity index (χ3n) is 3.30. The molecule has 0 radical (unpaired) electrons. The minimum absolute atomic E-state index is 0.0579. The molecule has 0 aliphatic heterocycles. The van der Waals surface area contributed by atoms with Crippen molar-refractivity contribution in [1.82, 2.24) is 5.32 Å². The molecule has 1 atom stereocenters. The molecule has 2 amide bonds. The number of aliphatic hydroxyl groups is 1. The van der Waals surface area contributed by atoms with Gasteiger partial charge in [0.2, 0.25) is 0 Å². The van der Waals surface area contributed by atoms with E-state index >= 15 is 0 Å². The van der Waals surface area contributed by atoms with Crippen LogP contribution in [-0.4, -0.2) is 17.7 Å². The third kappa shape index (κ3) is 3.81. The Balaban J connectivity index is 1.55. The summed E-state index contributed by atoms with van der Waals surface area (Å²) in [5.74, 6) is 0.485. The fraction of sp³-hybridized carbons (Fsp3) is 0.118. The smallest absolute Gasteiger partial charge is 0.319 e. The number of furan rings is 1. The number of halogens is 1. The van der Waals surface area contributed by atoms with E-state index in [9.17, 15) is 14.3 Å². The van der Waals surface area contributed by atoms with Gasteiger partial charge in [0.1, 0.15) is 23.4 Å². The molecule has 2 heterocycles. The molecule has 2 aromatic heterocycles. The standard InChI is InChI=1S/C17H15FN2O3S/c18-11-4-1-2-5-12(11)20-17(22)19-10-13(21)14-7-8-15(23-14)16-6-3-9-24-16/h1-9,13,21H,10H2,(H2,19,20,22). The summed E-state index contributed by atoms with van der Waals surface area (Å²) in [5, 5.41) is 16.9. The maximum atomic E-state index is 13.4. The molecule has 0 aliphatic rings. The van der Waals surface area contributed by atoms with Gasteiger partial charge in [0.15, 0.2) is 0 Å². The van der Waals surface area contributed by atoms with Crippen LogP contribution in [0.4, 0.5) is 14.9 Å². The highest BCUT2D eigenvalue weighted by Gasteiger charge is 2.15. The van der Waals surface area contributed by atoms with Crippen LogP contribution < -0.4 is 10.6 Å². The van der Waals surface area contributed by atoms with E-state index in [2.05, 4.69) is 10.6 Å². The molecule has 0 aliphatic carbocycles. The van der Waals surface area contributed by atoms with Crippen molar-refractivity contribution in [3.8, 4) is 10.6 Å². The minimum Gasteiger partial charge on any atom is -0.457 e. The van der Waals surface area contributed by atoms with Crippen LogP contribution in [0.15, 0.2) is 58.3 Å². The Morgan fingerprint density at radius 3 is 2.79 bits per heavy atom. The highest BCUT2D eigenvalue weighted by molar-refractivity contribution is 7.13. The van der Waals surface area contributed by atoms with E-state index in [1.54, 1.807) is 18.2 Å². The lowest BCUT2D eigenvalue weighted by molar-refractivity contribution is 0.150. The number of thiophene rings is 1. The summed E-state index contributed by atoms with van der Waals surface area (Å²) in [6.07, 6.45) is -0.995. The molecular formula is C17H15FN2O3S. The molecular weight excluding hydrogens is 331 g/mol. The highest BCUT2D eigenvalue weighted by atomic mass is 32.1. The highest BCUT2D eigenvalue weighted by Crippen LogP contribution is 2.28. The number of carbonyl (C=O) groups excluding carboxylic acids is 1. The average Bonchev–Trinajstić information content (AvgIpc) is 3.25. The van der Waals surface area contributed by atoms with Crippen LogP contribution in [-0.2, 0) is 0 Å². The van der Waals surface area contributed by atoms with Crippen LogP contribution >= 0.6 is 11.3 Å². The SMILES string of the molecule is O=C(NCC(O)c1ccc(-c2cccs2)o1)Nc1ccccc1F. The quantitative estimate of drug-likeness (QED) is 0.654. The van der Waals surface area contributed by atoms with Crippen LogP contribution in [0.1, 0.15) is 11.9 Å². The maximum absolute atomic E-state index is 13.4. The summed E-state index contributed by atoms with van der Waals surface area (Å²) in [4.78, 5) is 12.7. The Morgan fingerprint density at radius 2 is 2.04 bits per heavy atom. The number of urea groups is 1. The van der Waals surface area contributed by atoms with Crippen molar-refractivity contribution in [3.05, 3.63) is 65.5 Å². The molecule has 3 N–H and O–H groups in total. The second kappa shape index (κ2) is 7.29. The topological polar surface area (TPSA) is 74.5 Å². The van der Waals surface area contributed by atoms with Crippen molar-refractivity contribution in [1.29, 1.82) is 0 Å². The Kier molecular flexibility index (Phi) is 4.93. The lowest BCUT2D eigenvalue weighted by Crippen LogP contribution is -2.32. The summed E-state index contributed by atoms with van der Waals surface area (Å²) in [5.41, 5.74) is 0.0717. The predicted molar refractivity (Wildman–Crippen MR) is 90.4 cm³/mol. The lowest BCUT2D eigenvalue weighted by Gasteiger charge is -2.11. The number of amides is 2. The molecule has 24 heavy (non-hydrogen) atoms. The van der Waals surface area contributed by atoms with Crippen LogP contribution in [0.25, 0.3) is 10.6 Å². The van der Waals surface area contributed by atoms with Crippen LogP contribution in [0.2, 0.25) is 0 Å². The molecule has 1 aromatic carbocycles. The number of aliphatic hydroxyl groups excluding tert-OH is 1. The molecule has 0 spiro atoms. The Bertz CT molecular complexity index is 817. The number of carbonyl (C=O) groups is 1. The van der Waals surface area contributed by atoms with Gasteiger partial charge >= 0.3 is 6.03 Å². The Morgan fingerprint density at radius 1 is 1.21 bits per heavy atom. The predicted octanol–water partition coefficient (Wildman–Crippen LogP) is 4.00. The third-order valence-corrected chi connectivity index (χ3v) is 4.18. The number of anilines is 1. The summed E-state index contributed by atoms with van der Waals surface area (Å²) < 4.78 is 19.0. The number of para-hydroxylation sites is 1. The van der Waals surface area contributed by atoms with Crippen molar-refractivity contribution in [2.45, 2.75) is 6.10 Å². The number of hydrogen-bond donors (Lipinski definition) is 3. The van der Waals surface area contributed by atoms with Gasteiger partial charge in [-0.05, 0) is 35.7 Å². The zero-order valence-corrected chi connectivity index (χ0v) is 13.3. The lowest BCUT2D eigenvalue weighted by atomic mass is 10.2. The molecule has 7 heteroatoms. The molecule has 1 unspecified atom stereocenters. The van der Waals surface area contributed by atoms with Gasteiger partial charge in [0, 0.05) is 0 Å². The van der Waals surface area contributed by atoms with Crippen LogP contribution in [0.5, 0.6) is 0 Å². The zero-order chi connectivity index (χ0) is 16.9. The summed E-state index contributed by atoms with van der Waals surface area (Å²) in [6.45, 7) is -0.0579. The first-order valence-corrected chi connectivity index (χ1v) is 8.12. The van der Waals surface area contributed by atoms with Gasteiger partial charge in [0.25, 0.3) is 0 Å². The molecule has 124 valence electrons. The summed E-state index contributed by atoms with van der Waals surface area (Å²) in [7, 11) is 0. The van der Waals surface area contributed by atoms with E-state index in [1.807, 2.05) is 17.5 Å². The van der Waals surface area contributed by atoms with Crippen LogP contribution in [0, 0.1) is 5.82 Å². The maximum Gasteiger partial charge on any atom is 0.319 e. The van der Waals surface area contributed by atoms with Crippen LogP contribution in [0.3, 0.4) is 0 Å². The molecule has 3 aromatic rings. The van der Waals surface area contributed by atoms with Crippen molar-refractivity contribution in [2.24, 2.45) is 0 Å². The van der Waals surface area contributed by atoms with Gasteiger partial charge in [-0.3, -0.25) is 0 Å². The fourth-order valence-electron chi connectivity index (χ4n) is 2.10. The first kappa shape index (κ1) is 16.2. The van der Waals surface area contributed by atoms with Gasteiger partial charge in [-0.15, -0.1) is 11.3 Å². The van der Waals surface area contributed by atoms with E-state index in [1.165, 1.54) is 29.5 Å². The Labute approximate surface area is 141 Å². The minimum atomic E-state index is -0.995. The van der Waals surface area contributed by atoms with Crippen molar-refractivity contribution in [3.63, 3.8) is 0 Å². The molecule has 0 bridgehead atoms. The number of benzene rings is 1. The largest absolute Gasteiger partial charge is 0.457 e. The molecule has 0 fully saturated rings. The monoisotopic (exact) mass is 346 g/mol. The summed E-state index contributed by atoms with van der Waals surface area (Å²) >= 11 is 1.53. The van der Waals surface area contributed by atoms with E-state index in [0.717, 1.165) is 4.88 Å². The molecule has 5 nitrogen and oxygen atoms in total. The Hall–Kier alpha value is -2.64. The van der Waals surface area contributed by atoms with Gasteiger partial charge in [-0.2, -0.15) is 0 Å². The molecule has 0 saturated heterocycles. The number of rotatable bonds is 5. The van der Waals surface area contributed by atoms with Crippen molar-refractivity contribution in [2.75, 3.05) is 11.9 Å². The van der Waals surface area contributed by atoms with Gasteiger partial charge in [-0.1, -0.05) is 18.2 Å². The van der Waals surface area contributed by atoms with Gasteiger partial charge in [-0.25, -0.2) is 9.18 Å². The first-order valence-electron chi connectivity index (χ1n) is 7.24. The van der Waals surface area contributed by atoms with E-state index in [4.69, 9.17) is 4.42 Å². The second-order valence-electron chi connectivity index (χ2n) is 5.01. The van der Waals surface area contributed by atoms with Gasteiger partial charge in [0.05, 0.1) is 17.1 Å².